The fraction of sp³-hybridized carbons (Fsp3) is 0.474. The van der Waals surface area contributed by atoms with Gasteiger partial charge in [0.1, 0.15) is 5.75 Å². The third-order valence-electron chi connectivity index (χ3n) is 5.60. The lowest BCUT2D eigenvalue weighted by Crippen LogP contribution is -2.50. The number of nitrogens with one attached hydrogen (secondary N) is 1. The topological polar surface area (TPSA) is 56.2 Å². The summed E-state index contributed by atoms with van der Waals surface area (Å²) in [6, 6.07) is 5.82. The lowest BCUT2D eigenvalue weighted by Gasteiger charge is -2.41. The Balaban J connectivity index is 1.49. The van der Waals surface area contributed by atoms with Gasteiger partial charge in [-0.05, 0) is 37.0 Å². The molecule has 2 fully saturated rings. The third-order valence-corrected chi connectivity index (χ3v) is 5.60. The second kappa shape index (κ2) is 6.28. The minimum atomic E-state index is -4.75. The van der Waals surface area contributed by atoms with Crippen LogP contribution in [0.1, 0.15) is 42.9 Å². The minimum absolute atomic E-state index is 0.0417. The van der Waals surface area contributed by atoms with E-state index in [0.29, 0.717) is 18.4 Å². The Bertz CT molecular complexity index is 858. The van der Waals surface area contributed by atoms with E-state index in [1.165, 1.54) is 18.2 Å². The fourth-order valence-corrected chi connectivity index (χ4v) is 3.88. The van der Waals surface area contributed by atoms with Gasteiger partial charge in [-0.3, -0.25) is 4.79 Å². The Morgan fingerprint density at radius 1 is 1.37 bits per heavy atom. The number of carbonyl (C=O) groups is 1. The summed E-state index contributed by atoms with van der Waals surface area (Å²) in [6.45, 7) is 0. The molecule has 0 bridgehead atoms. The van der Waals surface area contributed by atoms with Gasteiger partial charge in [-0.1, -0.05) is 18.6 Å². The first-order valence-electron chi connectivity index (χ1n) is 8.92. The van der Waals surface area contributed by atoms with Gasteiger partial charge >= 0.3 is 6.36 Å². The molecule has 0 spiro atoms. The van der Waals surface area contributed by atoms with E-state index in [1.54, 1.807) is 18.6 Å². The smallest absolute Gasteiger partial charge is 0.406 e. The van der Waals surface area contributed by atoms with Crippen molar-refractivity contribution in [2.24, 2.45) is 7.05 Å². The zero-order valence-electron chi connectivity index (χ0n) is 14.8. The van der Waals surface area contributed by atoms with E-state index in [4.69, 9.17) is 0 Å². The lowest BCUT2D eigenvalue weighted by molar-refractivity contribution is -0.274. The number of rotatable bonds is 5. The first-order valence-corrected chi connectivity index (χ1v) is 8.92. The molecule has 2 aliphatic carbocycles. The Kier molecular flexibility index (Phi) is 4.16. The van der Waals surface area contributed by atoms with Crippen molar-refractivity contribution in [1.29, 1.82) is 0 Å². The molecule has 27 heavy (non-hydrogen) atoms. The highest BCUT2D eigenvalue weighted by Gasteiger charge is 2.50. The van der Waals surface area contributed by atoms with Crippen LogP contribution in [0.3, 0.4) is 0 Å². The molecular formula is C19H20F3N3O2. The van der Waals surface area contributed by atoms with Crippen molar-refractivity contribution >= 4 is 5.91 Å². The molecule has 4 rings (SSSR count). The Morgan fingerprint density at radius 3 is 2.74 bits per heavy atom. The van der Waals surface area contributed by atoms with Gasteiger partial charge < -0.3 is 14.6 Å². The van der Waals surface area contributed by atoms with Gasteiger partial charge in [0.05, 0.1) is 11.7 Å². The number of nitrogens with zero attached hydrogens (tertiary/aromatic N) is 2. The van der Waals surface area contributed by atoms with Gasteiger partial charge in [-0.15, -0.1) is 13.2 Å². The normalized spacial score (nSPS) is 23.4. The molecule has 1 N–H and O–H groups in total. The van der Waals surface area contributed by atoms with Crippen molar-refractivity contribution in [3.05, 3.63) is 48.0 Å². The van der Waals surface area contributed by atoms with Gasteiger partial charge in [-0.2, -0.15) is 0 Å². The largest absolute Gasteiger partial charge is 0.573 e. The maximum absolute atomic E-state index is 13.0. The standard InChI is InChI=1S/C19H20F3N3O2/c1-25-11-23-10-16(25)14-9-15(14)24-17(26)18(6-3-7-18)12-4-2-5-13(8-12)27-19(20,21)22/h2,4-5,8,10-11,14-15H,3,6-7,9H2,1H3,(H,24,26)/t14-,15-/m1/s1. The van der Waals surface area contributed by atoms with Crippen LogP contribution in [0, 0.1) is 0 Å². The van der Waals surface area contributed by atoms with Crippen LogP contribution in [0.25, 0.3) is 0 Å². The number of carbonyl (C=O) groups excluding carboxylic acids is 1. The van der Waals surface area contributed by atoms with Crippen molar-refractivity contribution in [1.82, 2.24) is 14.9 Å². The summed E-state index contributed by atoms with van der Waals surface area (Å²) in [5.41, 5.74) is 0.874. The lowest BCUT2D eigenvalue weighted by atomic mass is 9.63. The van der Waals surface area contributed by atoms with Crippen molar-refractivity contribution < 1.29 is 22.7 Å². The molecule has 2 aromatic rings. The number of aryl methyl sites for hydroxylation is 1. The average Bonchev–Trinajstić information content (AvgIpc) is 3.14. The molecule has 0 saturated heterocycles. The predicted octanol–water partition coefficient (Wildman–Crippen LogP) is 3.41. The van der Waals surface area contributed by atoms with Crippen LogP contribution in [-0.2, 0) is 17.3 Å². The summed E-state index contributed by atoms with van der Waals surface area (Å²) in [4.78, 5) is 17.1. The Labute approximate surface area is 154 Å². The van der Waals surface area contributed by atoms with Gasteiger partial charge in [0.25, 0.3) is 0 Å². The Morgan fingerprint density at radius 2 is 2.15 bits per heavy atom. The maximum Gasteiger partial charge on any atom is 0.573 e. The number of imidazole rings is 1. The number of ether oxygens (including phenoxy) is 1. The molecule has 0 unspecified atom stereocenters. The van der Waals surface area contributed by atoms with E-state index in [9.17, 15) is 18.0 Å². The molecule has 8 heteroatoms. The summed E-state index contributed by atoms with van der Waals surface area (Å²) in [5, 5.41) is 3.09. The van der Waals surface area contributed by atoms with Crippen molar-refractivity contribution in [2.45, 2.75) is 49.4 Å². The highest BCUT2D eigenvalue weighted by Crippen LogP contribution is 2.47. The minimum Gasteiger partial charge on any atom is -0.406 e. The molecule has 1 aromatic heterocycles. The number of alkyl halides is 3. The number of benzene rings is 1. The highest BCUT2D eigenvalue weighted by atomic mass is 19.4. The van der Waals surface area contributed by atoms with Gasteiger partial charge in [0.2, 0.25) is 5.91 Å². The van der Waals surface area contributed by atoms with Crippen LogP contribution < -0.4 is 10.1 Å². The molecule has 144 valence electrons. The first-order chi connectivity index (χ1) is 12.8. The van der Waals surface area contributed by atoms with Crippen molar-refractivity contribution in [3.8, 4) is 5.75 Å². The number of aromatic nitrogens is 2. The van der Waals surface area contributed by atoms with Crippen LogP contribution in [0.5, 0.6) is 5.75 Å². The van der Waals surface area contributed by atoms with E-state index in [0.717, 1.165) is 18.5 Å². The highest BCUT2D eigenvalue weighted by molar-refractivity contribution is 5.90. The first kappa shape index (κ1) is 17.9. The number of amides is 1. The second-order valence-electron chi connectivity index (χ2n) is 7.36. The SMILES string of the molecule is Cn1cncc1[C@@H]1C[C@H]1NC(=O)C1(c2cccc(OC(F)(F)F)c2)CCC1. The Hall–Kier alpha value is -2.51. The quantitative estimate of drug-likeness (QED) is 0.866. The molecule has 1 amide bonds. The van der Waals surface area contributed by atoms with Crippen molar-refractivity contribution in [3.63, 3.8) is 0 Å². The average molecular weight is 379 g/mol. The van der Waals surface area contributed by atoms with E-state index in [-0.39, 0.29) is 23.6 Å². The van der Waals surface area contributed by atoms with E-state index in [1.807, 2.05) is 11.6 Å². The number of halogens is 3. The van der Waals surface area contributed by atoms with Crippen LogP contribution in [0.2, 0.25) is 0 Å². The summed E-state index contributed by atoms with van der Waals surface area (Å²) < 4.78 is 43.5. The van der Waals surface area contributed by atoms with Crippen LogP contribution in [0.15, 0.2) is 36.8 Å². The van der Waals surface area contributed by atoms with Gasteiger partial charge in [0, 0.05) is 30.9 Å². The van der Waals surface area contributed by atoms with E-state index < -0.39 is 11.8 Å². The molecule has 5 nitrogen and oxygen atoms in total. The summed E-state index contributed by atoms with van der Waals surface area (Å²) in [5.74, 6) is -0.177. The zero-order chi connectivity index (χ0) is 19.2. The van der Waals surface area contributed by atoms with Gasteiger partial charge in [-0.25, -0.2) is 4.98 Å². The molecule has 1 heterocycles. The van der Waals surface area contributed by atoms with Crippen molar-refractivity contribution in [2.75, 3.05) is 0 Å². The maximum atomic E-state index is 13.0. The van der Waals surface area contributed by atoms with E-state index >= 15 is 0 Å². The van der Waals surface area contributed by atoms with Crippen LogP contribution in [-0.4, -0.2) is 27.9 Å². The molecule has 1 aromatic carbocycles. The fourth-order valence-electron chi connectivity index (χ4n) is 3.88. The van der Waals surface area contributed by atoms with E-state index in [2.05, 4.69) is 15.0 Å². The second-order valence-corrected chi connectivity index (χ2v) is 7.36. The molecular weight excluding hydrogens is 359 g/mol. The monoisotopic (exact) mass is 379 g/mol. The third kappa shape index (κ3) is 3.40. The molecule has 0 radical (unpaired) electrons. The zero-order valence-corrected chi connectivity index (χ0v) is 14.8. The summed E-state index contributed by atoms with van der Waals surface area (Å²) in [6.07, 6.45) is 1.74. The number of hydrogen-bond donors (Lipinski definition) is 1. The molecule has 2 saturated carbocycles. The predicted molar refractivity (Wildman–Crippen MR) is 91.2 cm³/mol. The summed E-state index contributed by atoms with van der Waals surface area (Å²) in [7, 11) is 1.92. The number of hydrogen-bond acceptors (Lipinski definition) is 3. The van der Waals surface area contributed by atoms with Crippen LogP contribution in [0.4, 0.5) is 13.2 Å². The molecule has 2 aliphatic rings. The van der Waals surface area contributed by atoms with Gasteiger partial charge in [0.15, 0.2) is 0 Å². The summed E-state index contributed by atoms with van der Waals surface area (Å²) >= 11 is 0. The van der Waals surface area contributed by atoms with Crippen LogP contribution >= 0.6 is 0 Å². The molecule has 2 atom stereocenters. The molecule has 0 aliphatic heterocycles.